The lowest BCUT2D eigenvalue weighted by Gasteiger charge is -2.34. The Bertz CT molecular complexity index is 1090. The Kier molecular flexibility index (Phi) is 5.31. The SMILES string of the molecule is Cn1nc(-c2ccc(F)cc2)cc1C(=O)N1CCN(C(=O)c2ccccc2F)CC1. The number of piperazine rings is 1. The number of hydrogen-bond acceptors (Lipinski definition) is 3. The molecule has 2 heterocycles. The quantitative estimate of drug-likeness (QED) is 0.667. The highest BCUT2D eigenvalue weighted by Crippen LogP contribution is 2.21. The van der Waals surface area contributed by atoms with Crippen LogP contribution in [-0.2, 0) is 7.05 Å². The number of carbonyl (C=O) groups excluding carboxylic acids is 2. The molecule has 0 aliphatic carbocycles. The molecule has 1 aliphatic heterocycles. The summed E-state index contributed by atoms with van der Waals surface area (Å²) < 4.78 is 28.5. The third-order valence-corrected chi connectivity index (χ3v) is 5.20. The van der Waals surface area contributed by atoms with E-state index in [1.807, 2.05) is 0 Å². The maximum atomic E-state index is 13.9. The largest absolute Gasteiger partial charge is 0.335 e. The molecule has 2 amide bonds. The average Bonchev–Trinajstić information content (AvgIpc) is 3.15. The summed E-state index contributed by atoms with van der Waals surface area (Å²) in [6, 6.07) is 13.5. The third kappa shape index (κ3) is 3.80. The number of benzene rings is 2. The summed E-state index contributed by atoms with van der Waals surface area (Å²) in [4.78, 5) is 28.7. The van der Waals surface area contributed by atoms with Crippen LogP contribution in [0.15, 0.2) is 54.6 Å². The topological polar surface area (TPSA) is 58.4 Å². The van der Waals surface area contributed by atoms with Crippen LogP contribution in [0.4, 0.5) is 8.78 Å². The van der Waals surface area contributed by atoms with Crippen LogP contribution >= 0.6 is 0 Å². The zero-order chi connectivity index (χ0) is 21.3. The number of rotatable bonds is 3. The molecule has 30 heavy (non-hydrogen) atoms. The van der Waals surface area contributed by atoms with Gasteiger partial charge in [-0.2, -0.15) is 5.10 Å². The zero-order valence-electron chi connectivity index (χ0n) is 16.4. The molecule has 0 bridgehead atoms. The first-order valence-electron chi connectivity index (χ1n) is 9.57. The fraction of sp³-hybridized carbons (Fsp3) is 0.227. The number of carbonyl (C=O) groups is 2. The predicted molar refractivity (Wildman–Crippen MR) is 107 cm³/mol. The van der Waals surface area contributed by atoms with Gasteiger partial charge >= 0.3 is 0 Å². The summed E-state index contributed by atoms with van der Waals surface area (Å²) in [6.07, 6.45) is 0. The second kappa shape index (κ2) is 8.06. The molecule has 2 aromatic carbocycles. The Morgan fingerprint density at radius 1 is 0.867 bits per heavy atom. The zero-order valence-corrected chi connectivity index (χ0v) is 16.4. The summed E-state index contributed by atoms with van der Waals surface area (Å²) in [5.74, 6) is -1.46. The van der Waals surface area contributed by atoms with E-state index in [-0.39, 0.29) is 23.2 Å². The smallest absolute Gasteiger partial charge is 0.272 e. The monoisotopic (exact) mass is 410 g/mol. The minimum Gasteiger partial charge on any atom is -0.335 e. The molecule has 0 atom stereocenters. The van der Waals surface area contributed by atoms with Gasteiger partial charge in [-0.3, -0.25) is 14.3 Å². The summed E-state index contributed by atoms with van der Waals surface area (Å²) in [5, 5.41) is 4.36. The first-order chi connectivity index (χ1) is 14.4. The fourth-order valence-electron chi connectivity index (χ4n) is 3.51. The van der Waals surface area contributed by atoms with Crippen LogP contribution in [0.5, 0.6) is 0 Å². The molecule has 3 aromatic rings. The Labute approximate surface area is 172 Å². The highest BCUT2D eigenvalue weighted by Gasteiger charge is 2.28. The lowest BCUT2D eigenvalue weighted by molar-refractivity contribution is 0.0527. The van der Waals surface area contributed by atoms with Gasteiger partial charge < -0.3 is 9.80 Å². The van der Waals surface area contributed by atoms with Crippen LogP contribution in [0.2, 0.25) is 0 Å². The van der Waals surface area contributed by atoms with E-state index in [1.54, 1.807) is 41.1 Å². The Balaban J connectivity index is 1.44. The van der Waals surface area contributed by atoms with E-state index in [2.05, 4.69) is 5.10 Å². The van der Waals surface area contributed by atoms with Crippen LogP contribution in [0, 0.1) is 11.6 Å². The molecule has 0 N–H and O–H groups in total. The van der Waals surface area contributed by atoms with Crippen LogP contribution in [0.3, 0.4) is 0 Å². The number of amides is 2. The predicted octanol–water partition coefficient (Wildman–Crippen LogP) is 2.96. The van der Waals surface area contributed by atoms with Gasteiger partial charge in [0, 0.05) is 38.8 Å². The molecule has 0 saturated carbocycles. The molecule has 8 heteroatoms. The Morgan fingerprint density at radius 2 is 1.47 bits per heavy atom. The standard InChI is InChI=1S/C22H20F2N4O2/c1-26-20(14-19(25-26)15-6-8-16(23)9-7-15)22(30)28-12-10-27(11-13-28)21(29)17-4-2-3-5-18(17)24/h2-9,14H,10-13H2,1H3. The van der Waals surface area contributed by atoms with Gasteiger partial charge in [0.25, 0.3) is 11.8 Å². The van der Waals surface area contributed by atoms with Crippen molar-refractivity contribution in [3.8, 4) is 11.3 Å². The van der Waals surface area contributed by atoms with Crippen LogP contribution < -0.4 is 0 Å². The van der Waals surface area contributed by atoms with E-state index >= 15 is 0 Å². The second-order valence-electron chi connectivity index (χ2n) is 7.11. The fourth-order valence-corrected chi connectivity index (χ4v) is 3.51. The van der Waals surface area contributed by atoms with Crippen LogP contribution in [-0.4, -0.2) is 57.6 Å². The van der Waals surface area contributed by atoms with Gasteiger partial charge in [0.05, 0.1) is 11.3 Å². The molecule has 4 rings (SSSR count). The molecule has 1 saturated heterocycles. The van der Waals surface area contributed by atoms with Gasteiger partial charge in [-0.15, -0.1) is 0 Å². The molecule has 154 valence electrons. The molecular weight excluding hydrogens is 390 g/mol. The maximum Gasteiger partial charge on any atom is 0.272 e. The summed E-state index contributed by atoms with van der Waals surface area (Å²) in [5.41, 5.74) is 1.73. The van der Waals surface area contributed by atoms with Gasteiger partial charge in [-0.1, -0.05) is 12.1 Å². The van der Waals surface area contributed by atoms with Gasteiger partial charge in [0.2, 0.25) is 0 Å². The van der Waals surface area contributed by atoms with E-state index < -0.39 is 5.82 Å². The highest BCUT2D eigenvalue weighted by atomic mass is 19.1. The molecule has 0 spiro atoms. The van der Waals surface area contributed by atoms with Gasteiger partial charge in [-0.25, -0.2) is 8.78 Å². The van der Waals surface area contributed by atoms with Gasteiger partial charge in [-0.05, 0) is 42.5 Å². The number of aryl methyl sites for hydroxylation is 1. The van der Waals surface area contributed by atoms with Gasteiger partial charge in [0.15, 0.2) is 0 Å². The summed E-state index contributed by atoms with van der Waals surface area (Å²) >= 11 is 0. The van der Waals surface area contributed by atoms with Crippen LogP contribution in [0.1, 0.15) is 20.8 Å². The maximum absolute atomic E-state index is 13.9. The average molecular weight is 410 g/mol. The van der Waals surface area contributed by atoms with E-state index in [0.717, 1.165) is 0 Å². The van der Waals surface area contributed by atoms with E-state index in [1.165, 1.54) is 35.0 Å². The lowest BCUT2D eigenvalue weighted by Crippen LogP contribution is -2.51. The van der Waals surface area contributed by atoms with Crippen molar-refractivity contribution in [2.45, 2.75) is 0 Å². The molecule has 1 aromatic heterocycles. The van der Waals surface area contributed by atoms with Crippen molar-refractivity contribution < 1.29 is 18.4 Å². The van der Waals surface area contributed by atoms with Crippen LogP contribution in [0.25, 0.3) is 11.3 Å². The number of hydrogen-bond donors (Lipinski definition) is 0. The van der Waals surface area contributed by atoms with E-state index in [0.29, 0.717) is 43.1 Å². The van der Waals surface area contributed by atoms with Crippen molar-refractivity contribution in [2.75, 3.05) is 26.2 Å². The first kappa shape index (κ1) is 19.8. The normalized spacial score (nSPS) is 14.1. The molecule has 1 fully saturated rings. The number of halogens is 2. The van der Waals surface area contributed by atoms with Gasteiger partial charge in [0.1, 0.15) is 17.3 Å². The second-order valence-corrected chi connectivity index (χ2v) is 7.11. The summed E-state index contributed by atoms with van der Waals surface area (Å²) in [6.45, 7) is 1.33. The Hall–Kier alpha value is -3.55. The minimum absolute atomic E-state index is 0.0350. The van der Waals surface area contributed by atoms with Crippen molar-refractivity contribution in [1.29, 1.82) is 0 Å². The van der Waals surface area contributed by atoms with Crippen molar-refractivity contribution in [3.05, 3.63) is 77.5 Å². The molecule has 0 radical (unpaired) electrons. The molecule has 6 nitrogen and oxygen atoms in total. The minimum atomic E-state index is -0.552. The van der Waals surface area contributed by atoms with E-state index in [4.69, 9.17) is 0 Å². The first-order valence-corrected chi connectivity index (χ1v) is 9.57. The number of aromatic nitrogens is 2. The summed E-state index contributed by atoms with van der Waals surface area (Å²) in [7, 11) is 1.68. The third-order valence-electron chi connectivity index (χ3n) is 5.20. The van der Waals surface area contributed by atoms with Crippen molar-refractivity contribution >= 4 is 11.8 Å². The molecule has 1 aliphatic rings. The molecular formula is C22H20F2N4O2. The molecule has 0 unspecified atom stereocenters. The lowest BCUT2D eigenvalue weighted by atomic mass is 10.1. The number of nitrogens with zero attached hydrogens (tertiary/aromatic N) is 4. The Morgan fingerprint density at radius 3 is 2.10 bits per heavy atom. The highest BCUT2D eigenvalue weighted by molar-refractivity contribution is 5.96. The van der Waals surface area contributed by atoms with Crippen molar-refractivity contribution in [3.63, 3.8) is 0 Å². The van der Waals surface area contributed by atoms with Crippen molar-refractivity contribution in [2.24, 2.45) is 7.05 Å². The van der Waals surface area contributed by atoms with E-state index in [9.17, 15) is 18.4 Å². The van der Waals surface area contributed by atoms with Crippen molar-refractivity contribution in [1.82, 2.24) is 19.6 Å².